The van der Waals surface area contributed by atoms with Crippen LogP contribution in [0.1, 0.15) is 17.6 Å². The van der Waals surface area contributed by atoms with Crippen molar-refractivity contribution >= 4 is 0 Å². The summed E-state index contributed by atoms with van der Waals surface area (Å²) < 4.78 is 27.7. The first-order chi connectivity index (χ1) is 14.7. The Labute approximate surface area is 175 Å². The maximum atomic E-state index is 5.90. The van der Waals surface area contributed by atoms with Gasteiger partial charge in [0.1, 0.15) is 6.10 Å². The van der Waals surface area contributed by atoms with Crippen molar-refractivity contribution < 1.29 is 23.5 Å². The van der Waals surface area contributed by atoms with Crippen LogP contribution < -0.4 is 14.2 Å². The number of rotatable bonds is 7. The number of aromatic nitrogens is 2. The van der Waals surface area contributed by atoms with E-state index in [0.29, 0.717) is 48.7 Å². The van der Waals surface area contributed by atoms with Gasteiger partial charge in [0, 0.05) is 25.2 Å². The zero-order valence-corrected chi connectivity index (χ0v) is 17.3. The molecule has 8 nitrogen and oxygen atoms in total. The van der Waals surface area contributed by atoms with E-state index in [4.69, 9.17) is 23.5 Å². The van der Waals surface area contributed by atoms with Gasteiger partial charge in [0.25, 0.3) is 5.89 Å². The SMILES string of the molecule is COc1cc(CN2CCO[C@H](c3nc(-c4ccccc4)no3)C2)cc(OC)c1OC. The normalized spacial score (nSPS) is 17.0. The molecule has 0 spiro atoms. The van der Waals surface area contributed by atoms with Crippen LogP contribution in [0.4, 0.5) is 0 Å². The molecule has 1 aliphatic heterocycles. The number of nitrogens with zero attached hydrogens (tertiary/aromatic N) is 3. The van der Waals surface area contributed by atoms with Crippen LogP contribution in [-0.2, 0) is 11.3 Å². The van der Waals surface area contributed by atoms with Crippen molar-refractivity contribution in [2.24, 2.45) is 0 Å². The molecule has 3 aromatic rings. The summed E-state index contributed by atoms with van der Waals surface area (Å²) in [5, 5.41) is 4.10. The van der Waals surface area contributed by atoms with Crippen LogP contribution in [0.15, 0.2) is 47.0 Å². The number of hydrogen-bond donors (Lipinski definition) is 0. The molecule has 8 heteroatoms. The highest BCUT2D eigenvalue weighted by molar-refractivity contribution is 5.54. The van der Waals surface area contributed by atoms with Gasteiger partial charge in [-0.05, 0) is 17.7 Å². The molecule has 158 valence electrons. The second-order valence-electron chi connectivity index (χ2n) is 6.95. The van der Waals surface area contributed by atoms with Crippen LogP contribution in [0, 0.1) is 0 Å². The Morgan fingerprint density at radius 2 is 1.77 bits per heavy atom. The zero-order chi connectivity index (χ0) is 20.9. The van der Waals surface area contributed by atoms with Crippen molar-refractivity contribution in [3.05, 3.63) is 53.9 Å². The van der Waals surface area contributed by atoms with Crippen LogP contribution in [-0.4, -0.2) is 56.1 Å². The summed E-state index contributed by atoms with van der Waals surface area (Å²) in [6.07, 6.45) is -0.272. The van der Waals surface area contributed by atoms with Gasteiger partial charge in [0.2, 0.25) is 11.6 Å². The fourth-order valence-corrected chi connectivity index (χ4v) is 3.55. The fourth-order valence-electron chi connectivity index (χ4n) is 3.55. The van der Waals surface area contributed by atoms with Crippen molar-refractivity contribution in [1.29, 1.82) is 0 Å². The lowest BCUT2D eigenvalue weighted by Gasteiger charge is -2.31. The average Bonchev–Trinajstić information content (AvgIpc) is 3.29. The Kier molecular flexibility index (Phi) is 6.15. The minimum atomic E-state index is -0.272. The van der Waals surface area contributed by atoms with E-state index in [0.717, 1.165) is 17.7 Å². The Hall–Kier alpha value is -3.10. The first-order valence-corrected chi connectivity index (χ1v) is 9.73. The lowest BCUT2D eigenvalue weighted by Crippen LogP contribution is -2.37. The third-order valence-electron chi connectivity index (χ3n) is 5.03. The van der Waals surface area contributed by atoms with Crippen LogP contribution in [0.2, 0.25) is 0 Å². The molecule has 0 unspecified atom stereocenters. The molecule has 2 aromatic carbocycles. The molecule has 0 aliphatic carbocycles. The molecule has 1 atom stereocenters. The predicted molar refractivity (Wildman–Crippen MR) is 110 cm³/mol. The van der Waals surface area contributed by atoms with Crippen LogP contribution in [0.25, 0.3) is 11.4 Å². The fraction of sp³-hybridized carbons (Fsp3) is 0.364. The monoisotopic (exact) mass is 411 g/mol. The van der Waals surface area contributed by atoms with Gasteiger partial charge in [-0.1, -0.05) is 35.5 Å². The first kappa shape index (κ1) is 20.2. The van der Waals surface area contributed by atoms with Gasteiger partial charge in [-0.3, -0.25) is 4.90 Å². The third kappa shape index (κ3) is 4.24. The van der Waals surface area contributed by atoms with E-state index in [9.17, 15) is 0 Å². The molecule has 0 N–H and O–H groups in total. The standard InChI is InChI=1S/C22H25N3O5/c1-26-17-11-15(12-18(27-2)20(17)28-3)13-25-9-10-29-19(14-25)22-23-21(24-30-22)16-7-5-4-6-8-16/h4-8,11-12,19H,9-10,13-14H2,1-3H3/t19-/m0/s1. The lowest BCUT2D eigenvalue weighted by atomic mass is 10.1. The maximum Gasteiger partial charge on any atom is 0.257 e. The minimum Gasteiger partial charge on any atom is -0.493 e. The molecule has 2 heterocycles. The van der Waals surface area contributed by atoms with Gasteiger partial charge in [-0.2, -0.15) is 4.98 Å². The average molecular weight is 411 g/mol. The summed E-state index contributed by atoms with van der Waals surface area (Å²) in [5.41, 5.74) is 1.97. The molecular formula is C22H25N3O5. The van der Waals surface area contributed by atoms with Crippen LogP contribution in [0.5, 0.6) is 17.2 Å². The molecule has 0 radical (unpaired) electrons. The van der Waals surface area contributed by atoms with E-state index < -0.39 is 0 Å². The Bertz CT molecular complexity index is 951. The molecule has 0 amide bonds. The zero-order valence-electron chi connectivity index (χ0n) is 17.3. The van der Waals surface area contributed by atoms with Gasteiger partial charge in [-0.15, -0.1) is 0 Å². The highest BCUT2D eigenvalue weighted by atomic mass is 16.5. The molecule has 1 aromatic heterocycles. The summed E-state index contributed by atoms with van der Waals surface area (Å²) in [6, 6.07) is 13.7. The van der Waals surface area contributed by atoms with Crippen molar-refractivity contribution in [3.63, 3.8) is 0 Å². The van der Waals surface area contributed by atoms with E-state index >= 15 is 0 Å². The lowest BCUT2D eigenvalue weighted by molar-refractivity contribution is -0.0475. The van der Waals surface area contributed by atoms with Gasteiger partial charge in [0.15, 0.2) is 11.5 Å². The largest absolute Gasteiger partial charge is 0.493 e. The maximum absolute atomic E-state index is 5.90. The quantitative estimate of drug-likeness (QED) is 0.586. The third-order valence-corrected chi connectivity index (χ3v) is 5.03. The second-order valence-corrected chi connectivity index (χ2v) is 6.95. The highest BCUT2D eigenvalue weighted by Gasteiger charge is 2.27. The minimum absolute atomic E-state index is 0.272. The number of hydrogen-bond acceptors (Lipinski definition) is 8. The summed E-state index contributed by atoms with van der Waals surface area (Å²) >= 11 is 0. The molecule has 0 bridgehead atoms. The van der Waals surface area contributed by atoms with Crippen LogP contribution >= 0.6 is 0 Å². The van der Waals surface area contributed by atoms with Crippen molar-refractivity contribution in [1.82, 2.24) is 15.0 Å². The molecule has 0 saturated carbocycles. The van der Waals surface area contributed by atoms with E-state index in [1.165, 1.54) is 0 Å². The Morgan fingerprint density at radius 3 is 2.43 bits per heavy atom. The molecule has 1 fully saturated rings. The first-order valence-electron chi connectivity index (χ1n) is 9.73. The van der Waals surface area contributed by atoms with E-state index in [1.807, 2.05) is 42.5 Å². The van der Waals surface area contributed by atoms with Gasteiger partial charge < -0.3 is 23.5 Å². The number of benzene rings is 2. The molecular weight excluding hydrogens is 386 g/mol. The Balaban J connectivity index is 1.48. The second kappa shape index (κ2) is 9.15. The van der Waals surface area contributed by atoms with E-state index in [2.05, 4.69) is 15.0 Å². The number of morpholine rings is 1. The summed E-state index contributed by atoms with van der Waals surface area (Å²) in [4.78, 5) is 6.82. The van der Waals surface area contributed by atoms with Crippen LogP contribution in [0.3, 0.4) is 0 Å². The molecule has 4 rings (SSSR count). The van der Waals surface area contributed by atoms with Crippen molar-refractivity contribution in [3.8, 4) is 28.6 Å². The van der Waals surface area contributed by atoms with Crippen molar-refractivity contribution in [2.75, 3.05) is 41.0 Å². The van der Waals surface area contributed by atoms with E-state index in [-0.39, 0.29) is 6.10 Å². The summed E-state index contributed by atoms with van der Waals surface area (Å²) in [5.74, 6) is 2.92. The predicted octanol–water partition coefficient (Wildman–Crippen LogP) is 3.34. The molecule has 1 aliphatic rings. The van der Waals surface area contributed by atoms with Gasteiger partial charge >= 0.3 is 0 Å². The smallest absolute Gasteiger partial charge is 0.257 e. The van der Waals surface area contributed by atoms with Gasteiger partial charge in [-0.25, -0.2) is 0 Å². The summed E-state index contributed by atoms with van der Waals surface area (Å²) in [6.45, 7) is 2.73. The molecule has 1 saturated heterocycles. The van der Waals surface area contributed by atoms with E-state index in [1.54, 1.807) is 21.3 Å². The topological polar surface area (TPSA) is 79.1 Å². The molecule has 30 heavy (non-hydrogen) atoms. The number of methoxy groups -OCH3 is 3. The summed E-state index contributed by atoms with van der Waals surface area (Å²) in [7, 11) is 4.83. The van der Waals surface area contributed by atoms with Crippen molar-refractivity contribution in [2.45, 2.75) is 12.6 Å². The number of ether oxygens (including phenoxy) is 4. The Morgan fingerprint density at radius 1 is 1.03 bits per heavy atom. The highest BCUT2D eigenvalue weighted by Crippen LogP contribution is 2.38. The van der Waals surface area contributed by atoms with Gasteiger partial charge in [0.05, 0.1) is 27.9 Å².